The van der Waals surface area contributed by atoms with Crippen LogP contribution in [0.15, 0.2) is 372 Å². The smallest absolute Gasteiger partial charge is 0.266 e. The topological polar surface area (TPSA) is 292 Å². The summed E-state index contributed by atoms with van der Waals surface area (Å²) in [6.07, 6.45) is 27.9. The summed E-state index contributed by atoms with van der Waals surface area (Å²) in [6.45, 7) is 9.85. The summed E-state index contributed by atoms with van der Waals surface area (Å²) in [5.74, 6) is 27.1. The van der Waals surface area contributed by atoms with Crippen molar-refractivity contribution in [2.75, 3.05) is 0 Å². The second kappa shape index (κ2) is 43.6. The number of para-hydroxylation sites is 4. The van der Waals surface area contributed by atoms with Crippen molar-refractivity contribution in [3.63, 3.8) is 0 Å². The van der Waals surface area contributed by atoms with Gasteiger partial charge in [-0.25, -0.2) is 19.9 Å². The first-order valence-electron chi connectivity index (χ1n) is 45.0. The van der Waals surface area contributed by atoms with Gasteiger partial charge in [0.15, 0.2) is 0 Å². The van der Waals surface area contributed by atoms with Crippen molar-refractivity contribution in [1.29, 1.82) is 0 Å². The number of aromatic hydroxyl groups is 5. The van der Waals surface area contributed by atoms with Crippen LogP contribution in [0.25, 0.3) is 115 Å². The molecule has 0 aliphatic carbocycles. The molecule has 0 fully saturated rings. The molecule has 0 saturated heterocycles. The predicted octanol–water partition coefficient (Wildman–Crippen LogP) is 21.5. The monoisotopic (exact) mass is 1850 g/mol. The lowest BCUT2D eigenvalue weighted by Crippen LogP contribution is -2.23. The fourth-order valence-electron chi connectivity index (χ4n) is 15.6. The van der Waals surface area contributed by atoms with E-state index in [2.05, 4.69) is 86.4 Å². The van der Waals surface area contributed by atoms with E-state index in [9.17, 15) is 44.7 Å². The van der Waals surface area contributed by atoms with E-state index in [1.807, 2.05) is 246 Å². The van der Waals surface area contributed by atoms with Gasteiger partial charge in [-0.05, 0) is 322 Å². The number of benzene rings is 12. The van der Waals surface area contributed by atoms with Crippen molar-refractivity contribution in [2.45, 2.75) is 34.6 Å². The zero-order chi connectivity index (χ0) is 98.5. The summed E-state index contributed by atoms with van der Waals surface area (Å²) >= 11 is 0. The first kappa shape index (κ1) is 93.8. The van der Waals surface area contributed by atoms with E-state index in [0.717, 1.165) is 94.8 Å². The highest BCUT2D eigenvalue weighted by molar-refractivity contribution is 5.85. The molecule has 0 radical (unpaired) electrons. The molecular formula is C121H86N12O9. The minimum atomic E-state index is -0.210. The Balaban J connectivity index is 0.000000130. The average molecular weight is 1850 g/mol. The molecule has 0 aliphatic heterocycles. The highest BCUT2D eigenvalue weighted by Crippen LogP contribution is 2.31. The Morgan fingerprint density at radius 2 is 0.528 bits per heavy atom. The first-order valence-corrected chi connectivity index (χ1v) is 45.0. The van der Waals surface area contributed by atoms with Crippen molar-refractivity contribution in [3.8, 4) is 98.9 Å². The van der Waals surface area contributed by atoms with E-state index in [0.29, 0.717) is 89.4 Å². The van der Waals surface area contributed by atoms with Crippen LogP contribution in [0.1, 0.15) is 118 Å². The number of rotatable bonds is 12. The van der Waals surface area contributed by atoms with Crippen molar-refractivity contribution >= 4 is 92.2 Å². The molecule has 20 rings (SSSR count). The largest absolute Gasteiger partial charge is 0.508 e. The van der Waals surface area contributed by atoms with E-state index in [1.165, 1.54) is 30.3 Å². The molecule has 0 amide bonds. The molecule has 0 spiro atoms. The molecule has 8 heterocycles. The number of phenols is 5. The van der Waals surface area contributed by atoms with Gasteiger partial charge in [0.1, 0.15) is 52.0 Å². The van der Waals surface area contributed by atoms with Crippen LogP contribution in [0.2, 0.25) is 0 Å². The highest BCUT2D eigenvalue weighted by atomic mass is 16.3. The number of fused-ring (bicyclic) bond motifs is 4. The molecule has 0 unspecified atom stereocenters. The summed E-state index contributed by atoms with van der Waals surface area (Å²) in [6, 6.07) is 90.6. The van der Waals surface area contributed by atoms with Crippen molar-refractivity contribution in [3.05, 3.63) is 512 Å². The zero-order valence-corrected chi connectivity index (χ0v) is 77.3. The Morgan fingerprint density at radius 1 is 0.232 bits per heavy atom. The van der Waals surface area contributed by atoms with Crippen molar-refractivity contribution in [1.82, 2.24) is 58.1 Å². The molecule has 20 aromatic rings. The second-order valence-electron chi connectivity index (χ2n) is 32.8. The summed E-state index contributed by atoms with van der Waals surface area (Å²) in [5.41, 5.74) is 18.9. The van der Waals surface area contributed by atoms with Gasteiger partial charge in [0, 0.05) is 111 Å². The van der Waals surface area contributed by atoms with Gasteiger partial charge in [0.05, 0.1) is 66.4 Å². The van der Waals surface area contributed by atoms with Gasteiger partial charge in [-0.1, -0.05) is 144 Å². The molecule has 684 valence electrons. The standard InChI is InChI=1S/C31H23N3O.2C30H21N3O3.C30H21N3O2/c1-22-8-3-4-10-26(22)16-18-30-33-28-12-6-5-11-27(28)31(35)34(30)29-17-15-24(20-23(29)2)13-14-25-9-7-19-32-21-25;1-20-17-21(8-9-22-5-4-16-31-19-22)10-14-27(20)33-29(15-12-23-11-13-24(34)18-28(23)35)32-26-7-3-2-6-25(26)30(33)36;1-20-17-21(8-9-22-5-4-16-31-19-22)10-13-27(20)33-29(15-11-23-18-24(34)12-14-28(23)35)32-26-7-3-2-6-25(26)30(33)36;1-21-19-23(8-9-24-5-4-18-31-20-24)12-16-28(21)33-29(17-13-22-10-14-25(34)15-11-22)32-27-7-3-2-6-26(27)30(33)35/h3-12,15-21H,1-2H3;2*2-7,10-19,34-35H,1H3;2-7,10-20,34H,1H3/b18-16+;15-12+;15-11+;17-13+. The Bertz CT molecular complexity index is 8920. The lowest BCUT2D eigenvalue weighted by molar-refractivity contribution is 0.449. The van der Waals surface area contributed by atoms with Gasteiger partial charge in [0.25, 0.3) is 22.2 Å². The summed E-state index contributed by atoms with van der Waals surface area (Å²) in [4.78, 5) is 89.8. The second-order valence-corrected chi connectivity index (χ2v) is 32.8. The Kier molecular flexibility index (Phi) is 28.8. The number of nitrogens with zero attached hydrogens (tertiary/aromatic N) is 12. The lowest BCUT2D eigenvalue weighted by atomic mass is 10.1. The molecule has 5 N–H and O–H groups in total. The minimum Gasteiger partial charge on any atom is -0.508 e. The first-order chi connectivity index (χ1) is 69.2. The van der Waals surface area contributed by atoms with E-state index in [4.69, 9.17) is 19.9 Å². The number of pyridine rings is 4. The molecule has 0 bridgehead atoms. The van der Waals surface area contributed by atoms with Crippen LogP contribution in [0.4, 0.5) is 0 Å². The quantitative estimate of drug-likeness (QED) is 0.0561. The summed E-state index contributed by atoms with van der Waals surface area (Å²) in [7, 11) is 0. The molecule has 0 saturated carbocycles. The molecule has 0 atom stereocenters. The zero-order valence-electron chi connectivity index (χ0n) is 77.3. The number of phenolic OH excluding ortho intramolecular Hbond substituents is 5. The number of hydrogen-bond acceptors (Lipinski definition) is 17. The van der Waals surface area contributed by atoms with Gasteiger partial charge >= 0.3 is 0 Å². The van der Waals surface area contributed by atoms with Crippen LogP contribution in [0.3, 0.4) is 0 Å². The van der Waals surface area contributed by atoms with Crippen molar-refractivity contribution < 1.29 is 25.5 Å². The Hall–Kier alpha value is -20.0. The normalized spacial score (nSPS) is 10.9. The third kappa shape index (κ3) is 22.5. The fraction of sp³-hybridized carbons (Fsp3) is 0.0413. The number of aromatic nitrogens is 12. The molecule has 8 aromatic heterocycles. The third-order valence-electron chi connectivity index (χ3n) is 22.8. The lowest BCUT2D eigenvalue weighted by Gasteiger charge is -2.14. The van der Waals surface area contributed by atoms with Gasteiger partial charge in [-0.15, -0.1) is 0 Å². The van der Waals surface area contributed by atoms with E-state index >= 15 is 0 Å². The van der Waals surface area contributed by atoms with Crippen LogP contribution in [0.5, 0.6) is 28.7 Å². The van der Waals surface area contributed by atoms with Crippen LogP contribution < -0.4 is 22.2 Å². The fourth-order valence-corrected chi connectivity index (χ4v) is 15.6. The number of aryl methyl sites for hydroxylation is 5. The molecule has 0 aliphatic rings. The minimum absolute atomic E-state index is 0.00598. The van der Waals surface area contributed by atoms with E-state index < -0.39 is 0 Å². The SMILES string of the molecule is Cc1cc(C#Cc2cccnc2)ccc1-n1c(/C=C/c2cc(O)ccc2O)nc2ccccc2c1=O.Cc1cc(C#Cc2cccnc2)ccc1-n1c(/C=C/c2ccc(O)cc2)nc2ccccc2c1=O.Cc1cc(C#Cc2cccnc2)ccc1-n1c(/C=C/c2ccc(O)cc2O)nc2ccccc2c1=O.Cc1ccccc1/C=C/c1nc2ccccc2c(=O)n1-c1ccc(C#Cc2cccnc2)cc1C. The van der Waals surface area contributed by atoms with Crippen LogP contribution in [0, 0.1) is 82.0 Å². The molecule has 21 nitrogen and oxygen atoms in total. The van der Waals surface area contributed by atoms with Gasteiger partial charge in [-0.2, -0.15) is 0 Å². The van der Waals surface area contributed by atoms with E-state index in [1.54, 1.807) is 159 Å². The molecule has 21 heteroatoms. The van der Waals surface area contributed by atoms with Gasteiger partial charge in [-0.3, -0.25) is 57.4 Å². The van der Waals surface area contributed by atoms with Crippen LogP contribution in [-0.4, -0.2) is 83.7 Å². The predicted molar refractivity (Wildman–Crippen MR) is 564 cm³/mol. The maximum absolute atomic E-state index is 13.6. The maximum atomic E-state index is 13.6. The molecule has 12 aromatic carbocycles. The molecule has 142 heavy (non-hydrogen) atoms. The van der Waals surface area contributed by atoms with E-state index in [-0.39, 0.29) is 51.0 Å². The average Bonchev–Trinajstić information content (AvgIpc) is 0.778. The summed E-state index contributed by atoms with van der Waals surface area (Å²) < 4.78 is 6.42. The molecular weight excluding hydrogens is 1770 g/mol. The van der Waals surface area contributed by atoms with Crippen LogP contribution in [-0.2, 0) is 0 Å². The van der Waals surface area contributed by atoms with Gasteiger partial charge < -0.3 is 25.5 Å². The number of hydrogen-bond donors (Lipinski definition) is 5. The third-order valence-corrected chi connectivity index (χ3v) is 22.8. The van der Waals surface area contributed by atoms with Gasteiger partial charge in [0.2, 0.25) is 0 Å². The Labute approximate surface area is 816 Å². The summed E-state index contributed by atoms with van der Waals surface area (Å²) in [5, 5.41) is 51.4. The van der Waals surface area contributed by atoms with Crippen LogP contribution >= 0.6 is 0 Å². The Morgan fingerprint density at radius 3 is 0.859 bits per heavy atom. The maximum Gasteiger partial charge on any atom is 0.266 e. The highest BCUT2D eigenvalue weighted by Gasteiger charge is 2.20. The van der Waals surface area contributed by atoms with Crippen molar-refractivity contribution in [2.24, 2.45) is 0 Å².